The molecule has 0 spiro atoms. The molecule has 0 unspecified atom stereocenters. The molecule has 0 saturated heterocycles. The number of aromatic nitrogens is 1. The lowest BCUT2D eigenvalue weighted by Gasteiger charge is -2.14. The Hall–Kier alpha value is -2.08. The second kappa shape index (κ2) is 8.15. The average Bonchev–Trinajstić information content (AvgIpc) is 2.58. The molecule has 1 atom stereocenters. The summed E-state index contributed by atoms with van der Waals surface area (Å²) in [5, 5.41) is 3.27. The van der Waals surface area contributed by atoms with Crippen molar-refractivity contribution >= 4 is 0 Å². The van der Waals surface area contributed by atoms with Gasteiger partial charge in [0.1, 0.15) is 11.4 Å². The van der Waals surface area contributed by atoms with Gasteiger partial charge in [0, 0.05) is 18.2 Å². The van der Waals surface area contributed by atoms with Crippen LogP contribution in [0.4, 0.5) is 13.2 Å². The summed E-state index contributed by atoms with van der Waals surface area (Å²) in [5.74, 6) is 0.721. The van der Waals surface area contributed by atoms with Crippen LogP contribution in [0.1, 0.15) is 29.8 Å². The molecule has 0 aliphatic carbocycles. The van der Waals surface area contributed by atoms with Gasteiger partial charge in [0.05, 0.1) is 7.11 Å². The van der Waals surface area contributed by atoms with Gasteiger partial charge in [-0.05, 0) is 42.8 Å². The molecule has 0 aliphatic heterocycles. The zero-order valence-corrected chi connectivity index (χ0v) is 13.7. The summed E-state index contributed by atoms with van der Waals surface area (Å²) in [5.41, 5.74) is 0.778. The minimum absolute atomic E-state index is 0.0943. The molecular weight excluding hydrogens is 317 g/mol. The molecule has 0 radical (unpaired) electrons. The number of nitrogens with zero attached hydrogens (tertiary/aromatic N) is 1. The Morgan fingerprint density at radius 2 is 1.83 bits per heavy atom. The van der Waals surface area contributed by atoms with E-state index in [0.717, 1.165) is 24.8 Å². The first-order valence-electron chi connectivity index (χ1n) is 7.78. The first kappa shape index (κ1) is 18.3. The number of methoxy groups -OCH3 is 1. The Kier molecular flexibility index (Phi) is 6.20. The van der Waals surface area contributed by atoms with E-state index in [-0.39, 0.29) is 5.92 Å². The second-order valence-corrected chi connectivity index (χ2v) is 5.65. The normalized spacial score (nSPS) is 12.9. The number of benzene rings is 1. The minimum Gasteiger partial charge on any atom is -0.497 e. The number of nitrogens with one attached hydrogen (secondary N) is 1. The molecule has 24 heavy (non-hydrogen) atoms. The Morgan fingerprint density at radius 1 is 1.12 bits per heavy atom. The van der Waals surface area contributed by atoms with Gasteiger partial charge in [0.2, 0.25) is 0 Å². The Labute approximate surface area is 139 Å². The van der Waals surface area contributed by atoms with Crippen LogP contribution in [0.25, 0.3) is 0 Å². The zero-order chi connectivity index (χ0) is 17.6. The monoisotopic (exact) mass is 338 g/mol. The third-order valence-electron chi connectivity index (χ3n) is 3.77. The van der Waals surface area contributed by atoms with E-state index in [9.17, 15) is 13.2 Å². The predicted molar refractivity (Wildman–Crippen MR) is 87.2 cm³/mol. The number of pyridine rings is 1. The van der Waals surface area contributed by atoms with Crippen molar-refractivity contribution in [2.24, 2.45) is 0 Å². The highest BCUT2D eigenvalue weighted by Crippen LogP contribution is 2.28. The third-order valence-corrected chi connectivity index (χ3v) is 3.77. The molecule has 2 aromatic rings. The summed E-state index contributed by atoms with van der Waals surface area (Å²) in [6.07, 6.45) is -3.57. The molecule has 6 heteroatoms. The van der Waals surface area contributed by atoms with E-state index in [0.29, 0.717) is 12.2 Å². The van der Waals surface area contributed by atoms with Crippen molar-refractivity contribution in [3.8, 4) is 5.75 Å². The zero-order valence-electron chi connectivity index (χ0n) is 13.7. The maximum atomic E-state index is 12.7. The van der Waals surface area contributed by atoms with Crippen molar-refractivity contribution in [1.82, 2.24) is 10.3 Å². The summed E-state index contributed by atoms with van der Waals surface area (Å²) < 4.78 is 43.2. The minimum atomic E-state index is -4.41. The second-order valence-electron chi connectivity index (χ2n) is 5.65. The molecule has 0 bridgehead atoms. The van der Waals surface area contributed by atoms with Crippen molar-refractivity contribution in [1.29, 1.82) is 0 Å². The van der Waals surface area contributed by atoms with Gasteiger partial charge in [-0.1, -0.05) is 25.1 Å². The van der Waals surface area contributed by atoms with E-state index < -0.39 is 11.9 Å². The SMILES string of the molecule is COc1ccc(CCNC[C@H](C)c2cccc(C(F)(F)F)n2)cc1. The Balaban J connectivity index is 1.81. The standard InChI is InChI=1S/C18H21F3N2O/c1-13(16-4-3-5-17(23-16)18(19,20)21)12-22-11-10-14-6-8-15(24-2)9-7-14/h3-9,13,22H,10-12H2,1-2H3/t13-/m0/s1. The van der Waals surface area contributed by atoms with E-state index in [1.807, 2.05) is 31.2 Å². The highest BCUT2D eigenvalue weighted by molar-refractivity contribution is 5.27. The number of rotatable bonds is 7. The van der Waals surface area contributed by atoms with Crippen LogP contribution in [0.15, 0.2) is 42.5 Å². The number of ether oxygens (including phenoxy) is 1. The van der Waals surface area contributed by atoms with Gasteiger partial charge in [-0.3, -0.25) is 0 Å². The highest BCUT2D eigenvalue weighted by atomic mass is 19.4. The smallest absolute Gasteiger partial charge is 0.433 e. The highest BCUT2D eigenvalue weighted by Gasteiger charge is 2.32. The lowest BCUT2D eigenvalue weighted by atomic mass is 10.1. The summed E-state index contributed by atoms with van der Waals surface area (Å²) in [4.78, 5) is 3.72. The largest absolute Gasteiger partial charge is 0.497 e. The fourth-order valence-electron chi connectivity index (χ4n) is 2.33. The maximum absolute atomic E-state index is 12.7. The van der Waals surface area contributed by atoms with Gasteiger partial charge in [-0.25, -0.2) is 4.98 Å². The first-order chi connectivity index (χ1) is 11.4. The van der Waals surface area contributed by atoms with Crippen LogP contribution in [0.5, 0.6) is 5.75 Å². The van der Waals surface area contributed by atoms with Crippen molar-refractivity contribution in [3.05, 3.63) is 59.4 Å². The van der Waals surface area contributed by atoms with Gasteiger partial charge >= 0.3 is 6.18 Å². The summed E-state index contributed by atoms with van der Waals surface area (Å²) >= 11 is 0. The molecule has 0 amide bonds. The summed E-state index contributed by atoms with van der Waals surface area (Å²) in [6, 6.07) is 11.8. The molecule has 1 heterocycles. The average molecular weight is 338 g/mol. The van der Waals surface area contributed by atoms with Crippen LogP contribution in [0.3, 0.4) is 0 Å². The van der Waals surface area contributed by atoms with Gasteiger partial charge in [0.15, 0.2) is 0 Å². The topological polar surface area (TPSA) is 34.1 Å². The molecule has 1 aromatic heterocycles. The van der Waals surface area contributed by atoms with Crippen molar-refractivity contribution in [3.63, 3.8) is 0 Å². The van der Waals surface area contributed by atoms with E-state index in [1.54, 1.807) is 13.2 Å². The van der Waals surface area contributed by atoms with Crippen LogP contribution in [0, 0.1) is 0 Å². The lowest BCUT2D eigenvalue weighted by molar-refractivity contribution is -0.141. The Bertz CT molecular complexity index is 641. The van der Waals surface area contributed by atoms with Gasteiger partial charge in [0.25, 0.3) is 0 Å². The number of hydrogen-bond acceptors (Lipinski definition) is 3. The number of hydrogen-bond donors (Lipinski definition) is 1. The summed E-state index contributed by atoms with van der Waals surface area (Å²) in [7, 11) is 1.62. The molecule has 130 valence electrons. The quantitative estimate of drug-likeness (QED) is 0.774. The van der Waals surface area contributed by atoms with Crippen molar-refractivity contribution < 1.29 is 17.9 Å². The van der Waals surface area contributed by atoms with Crippen molar-refractivity contribution in [2.75, 3.05) is 20.2 Å². The van der Waals surface area contributed by atoms with E-state index in [1.165, 1.54) is 11.6 Å². The van der Waals surface area contributed by atoms with Crippen LogP contribution in [-0.4, -0.2) is 25.2 Å². The number of alkyl halides is 3. The van der Waals surface area contributed by atoms with Crippen LogP contribution >= 0.6 is 0 Å². The molecule has 0 aliphatic rings. The van der Waals surface area contributed by atoms with Crippen LogP contribution in [-0.2, 0) is 12.6 Å². The van der Waals surface area contributed by atoms with Gasteiger partial charge in [-0.2, -0.15) is 13.2 Å². The molecule has 0 saturated carbocycles. The fourth-order valence-corrected chi connectivity index (χ4v) is 2.33. The predicted octanol–water partition coefficient (Wildman–Crippen LogP) is 4.04. The maximum Gasteiger partial charge on any atom is 0.433 e. The number of halogens is 3. The molecule has 0 fully saturated rings. The summed E-state index contributed by atoms with van der Waals surface area (Å²) in [6.45, 7) is 3.18. The van der Waals surface area contributed by atoms with Gasteiger partial charge in [-0.15, -0.1) is 0 Å². The third kappa shape index (κ3) is 5.23. The molecule has 1 N–H and O–H groups in total. The molecular formula is C18H21F3N2O. The van der Waals surface area contributed by atoms with E-state index >= 15 is 0 Å². The van der Waals surface area contributed by atoms with Crippen LogP contribution < -0.4 is 10.1 Å². The van der Waals surface area contributed by atoms with Crippen molar-refractivity contribution in [2.45, 2.75) is 25.4 Å². The van der Waals surface area contributed by atoms with Gasteiger partial charge < -0.3 is 10.1 Å². The molecule has 3 nitrogen and oxygen atoms in total. The van der Waals surface area contributed by atoms with Crippen LogP contribution in [0.2, 0.25) is 0 Å². The molecule has 2 rings (SSSR count). The lowest BCUT2D eigenvalue weighted by Crippen LogP contribution is -2.23. The molecule has 1 aromatic carbocycles. The fraction of sp³-hybridized carbons (Fsp3) is 0.389. The Morgan fingerprint density at radius 3 is 2.46 bits per heavy atom. The first-order valence-corrected chi connectivity index (χ1v) is 7.78. The van der Waals surface area contributed by atoms with E-state index in [2.05, 4.69) is 10.3 Å². The van der Waals surface area contributed by atoms with E-state index in [4.69, 9.17) is 4.74 Å².